The van der Waals surface area contributed by atoms with Crippen LogP contribution in [0.3, 0.4) is 0 Å². The van der Waals surface area contributed by atoms with Gasteiger partial charge in [-0.05, 0) is 34.4 Å². The highest BCUT2D eigenvalue weighted by Crippen LogP contribution is 2.48. The molecule has 17 heavy (non-hydrogen) atoms. The lowest BCUT2D eigenvalue weighted by Gasteiger charge is -2.21. The minimum atomic E-state index is 0.0416. The second kappa shape index (κ2) is 3.21. The molecule has 2 aromatic carbocycles. The van der Waals surface area contributed by atoms with E-state index in [0.29, 0.717) is 0 Å². The van der Waals surface area contributed by atoms with Crippen LogP contribution in [0, 0.1) is 11.3 Å². The molecule has 0 bridgehead atoms. The first-order chi connectivity index (χ1) is 8.14. The standard InChI is InChI=1S/C16H13N/c1-16(2)14-6-4-3-5-12(14)13-9-11(10-17)7-8-15(13)16/h3-9H,1-2H3. The number of nitriles is 1. The van der Waals surface area contributed by atoms with Gasteiger partial charge < -0.3 is 0 Å². The molecule has 2 aromatic rings. The summed E-state index contributed by atoms with van der Waals surface area (Å²) in [4.78, 5) is 0. The maximum Gasteiger partial charge on any atom is 0.0991 e. The average Bonchev–Trinajstić information content (AvgIpc) is 2.59. The van der Waals surface area contributed by atoms with Crippen LogP contribution in [0.25, 0.3) is 11.1 Å². The Morgan fingerprint density at radius 3 is 2.41 bits per heavy atom. The molecule has 0 unspecified atom stereocenters. The molecule has 0 N–H and O–H groups in total. The van der Waals surface area contributed by atoms with Gasteiger partial charge in [-0.1, -0.05) is 44.2 Å². The first kappa shape index (κ1) is 10.1. The number of fused-ring (bicyclic) bond motifs is 3. The van der Waals surface area contributed by atoms with Crippen LogP contribution >= 0.6 is 0 Å². The maximum atomic E-state index is 9.00. The van der Waals surface area contributed by atoms with Crippen LogP contribution in [0.5, 0.6) is 0 Å². The largest absolute Gasteiger partial charge is 0.192 e. The summed E-state index contributed by atoms with van der Waals surface area (Å²) in [5.74, 6) is 0. The van der Waals surface area contributed by atoms with Crippen LogP contribution in [0.1, 0.15) is 30.5 Å². The van der Waals surface area contributed by atoms with Gasteiger partial charge in [0.05, 0.1) is 11.6 Å². The smallest absolute Gasteiger partial charge is 0.0991 e. The first-order valence-electron chi connectivity index (χ1n) is 5.79. The molecule has 0 spiro atoms. The molecule has 0 heterocycles. The molecule has 0 saturated carbocycles. The van der Waals surface area contributed by atoms with Crippen molar-refractivity contribution < 1.29 is 0 Å². The van der Waals surface area contributed by atoms with Gasteiger partial charge in [0.2, 0.25) is 0 Å². The van der Waals surface area contributed by atoms with Gasteiger partial charge in [-0.15, -0.1) is 0 Å². The fraction of sp³-hybridized carbons (Fsp3) is 0.188. The molecule has 3 rings (SSSR count). The topological polar surface area (TPSA) is 23.8 Å². The van der Waals surface area contributed by atoms with Gasteiger partial charge in [0.25, 0.3) is 0 Å². The molecule has 0 aliphatic heterocycles. The molecule has 1 aliphatic carbocycles. The fourth-order valence-corrected chi connectivity index (χ4v) is 2.79. The lowest BCUT2D eigenvalue weighted by atomic mass is 9.82. The Kier molecular flexibility index (Phi) is 1.91. The molecule has 1 aliphatic rings. The van der Waals surface area contributed by atoms with Crippen LogP contribution in [0.2, 0.25) is 0 Å². The van der Waals surface area contributed by atoms with Crippen LogP contribution in [-0.2, 0) is 5.41 Å². The lowest BCUT2D eigenvalue weighted by Crippen LogP contribution is -2.14. The van der Waals surface area contributed by atoms with Crippen molar-refractivity contribution in [2.24, 2.45) is 0 Å². The van der Waals surface area contributed by atoms with Crippen molar-refractivity contribution in [3.63, 3.8) is 0 Å². The predicted octanol–water partition coefficient (Wildman–Crippen LogP) is 3.86. The Morgan fingerprint density at radius 2 is 1.65 bits per heavy atom. The second-order valence-corrected chi connectivity index (χ2v) is 5.04. The zero-order chi connectivity index (χ0) is 12.0. The van der Waals surface area contributed by atoms with E-state index in [1.54, 1.807) is 0 Å². The summed E-state index contributed by atoms with van der Waals surface area (Å²) in [5, 5.41) is 9.00. The molecule has 0 radical (unpaired) electrons. The van der Waals surface area contributed by atoms with Crippen molar-refractivity contribution in [2.45, 2.75) is 19.3 Å². The van der Waals surface area contributed by atoms with Crippen molar-refractivity contribution in [3.8, 4) is 17.2 Å². The van der Waals surface area contributed by atoms with Gasteiger partial charge >= 0.3 is 0 Å². The SMILES string of the molecule is CC1(C)c2ccccc2-c2cc(C#N)ccc21. The van der Waals surface area contributed by atoms with Gasteiger partial charge in [0, 0.05) is 5.41 Å². The van der Waals surface area contributed by atoms with E-state index in [4.69, 9.17) is 5.26 Å². The number of nitrogens with zero attached hydrogens (tertiary/aromatic N) is 1. The highest BCUT2D eigenvalue weighted by molar-refractivity contribution is 5.81. The van der Waals surface area contributed by atoms with Crippen LogP contribution < -0.4 is 0 Å². The summed E-state index contributed by atoms with van der Waals surface area (Å²) in [6, 6.07) is 16.7. The summed E-state index contributed by atoms with van der Waals surface area (Å²) >= 11 is 0. The van der Waals surface area contributed by atoms with Crippen LogP contribution in [0.15, 0.2) is 42.5 Å². The van der Waals surface area contributed by atoms with E-state index in [0.717, 1.165) is 5.56 Å². The van der Waals surface area contributed by atoms with E-state index in [9.17, 15) is 0 Å². The molecular weight excluding hydrogens is 206 g/mol. The predicted molar refractivity (Wildman–Crippen MR) is 68.7 cm³/mol. The summed E-state index contributed by atoms with van der Waals surface area (Å²) in [7, 11) is 0. The monoisotopic (exact) mass is 219 g/mol. The van der Waals surface area contributed by atoms with E-state index in [-0.39, 0.29) is 5.41 Å². The Balaban J connectivity index is 2.38. The highest BCUT2D eigenvalue weighted by Gasteiger charge is 2.34. The fourth-order valence-electron chi connectivity index (χ4n) is 2.79. The highest BCUT2D eigenvalue weighted by atomic mass is 14.4. The molecule has 1 heteroatoms. The Bertz CT molecular complexity index is 645. The lowest BCUT2D eigenvalue weighted by molar-refractivity contribution is 0.660. The van der Waals surface area contributed by atoms with Gasteiger partial charge in [0.1, 0.15) is 0 Å². The summed E-state index contributed by atoms with van der Waals surface area (Å²) in [6.07, 6.45) is 0. The third-order valence-electron chi connectivity index (χ3n) is 3.71. The summed E-state index contributed by atoms with van der Waals surface area (Å²) in [6.45, 7) is 4.48. The molecule has 0 aromatic heterocycles. The second-order valence-electron chi connectivity index (χ2n) is 5.04. The van der Waals surface area contributed by atoms with E-state index in [1.165, 1.54) is 22.3 Å². The third-order valence-corrected chi connectivity index (χ3v) is 3.71. The number of benzene rings is 2. The molecule has 1 nitrogen and oxygen atoms in total. The van der Waals surface area contributed by atoms with Gasteiger partial charge in [-0.3, -0.25) is 0 Å². The van der Waals surface area contributed by atoms with E-state index in [1.807, 2.05) is 12.1 Å². The van der Waals surface area contributed by atoms with Crippen molar-refractivity contribution >= 4 is 0 Å². The third kappa shape index (κ3) is 1.24. The number of rotatable bonds is 0. The van der Waals surface area contributed by atoms with Crippen molar-refractivity contribution in [1.29, 1.82) is 5.26 Å². The maximum absolute atomic E-state index is 9.00. The normalized spacial score (nSPS) is 14.9. The van der Waals surface area contributed by atoms with Gasteiger partial charge in [0.15, 0.2) is 0 Å². The molecule has 0 atom stereocenters. The zero-order valence-electron chi connectivity index (χ0n) is 9.99. The van der Waals surface area contributed by atoms with E-state index in [2.05, 4.69) is 50.2 Å². The summed E-state index contributed by atoms with van der Waals surface area (Å²) < 4.78 is 0. The van der Waals surface area contributed by atoms with E-state index < -0.39 is 0 Å². The molecule has 0 fully saturated rings. The minimum absolute atomic E-state index is 0.0416. The average molecular weight is 219 g/mol. The van der Waals surface area contributed by atoms with Gasteiger partial charge in [-0.2, -0.15) is 5.26 Å². The van der Waals surface area contributed by atoms with Crippen LogP contribution in [-0.4, -0.2) is 0 Å². The molecular formula is C16H13N. The Labute approximate surface area is 101 Å². The Hall–Kier alpha value is -2.07. The first-order valence-corrected chi connectivity index (χ1v) is 5.79. The van der Waals surface area contributed by atoms with E-state index >= 15 is 0 Å². The quantitative estimate of drug-likeness (QED) is 0.660. The Morgan fingerprint density at radius 1 is 0.941 bits per heavy atom. The van der Waals surface area contributed by atoms with Gasteiger partial charge in [-0.25, -0.2) is 0 Å². The van der Waals surface area contributed by atoms with Crippen molar-refractivity contribution in [3.05, 3.63) is 59.2 Å². The zero-order valence-corrected chi connectivity index (χ0v) is 9.99. The van der Waals surface area contributed by atoms with Crippen LogP contribution in [0.4, 0.5) is 0 Å². The van der Waals surface area contributed by atoms with Crippen molar-refractivity contribution in [1.82, 2.24) is 0 Å². The minimum Gasteiger partial charge on any atom is -0.192 e. The number of hydrogen-bond acceptors (Lipinski definition) is 1. The molecule has 0 saturated heterocycles. The summed E-state index contributed by atoms with van der Waals surface area (Å²) in [5.41, 5.74) is 5.92. The van der Waals surface area contributed by atoms with Crippen molar-refractivity contribution in [2.75, 3.05) is 0 Å². The molecule has 0 amide bonds. The molecule has 82 valence electrons. The number of hydrogen-bond donors (Lipinski definition) is 0.